The van der Waals surface area contributed by atoms with Gasteiger partial charge in [0.2, 0.25) is 5.06 Å². The molecule has 0 N–H and O–H groups in total. The fraction of sp³-hybridized carbons (Fsp3) is 0.0909. The van der Waals surface area contributed by atoms with E-state index in [2.05, 4.69) is 4.37 Å². The van der Waals surface area contributed by atoms with Crippen LogP contribution in [0.3, 0.4) is 0 Å². The molecule has 1 heterocycles. The second-order valence-electron chi connectivity index (χ2n) is 3.56. The molecule has 96 valence electrons. The van der Waals surface area contributed by atoms with Gasteiger partial charge in [-0.2, -0.15) is 9.64 Å². The first-order chi connectivity index (χ1) is 9.02. The molecule has 6 nitrogen and oxygen atoms in total. The van der Waals surface area contributed by atoms with Crippen LogP contribution >= 0.6 is 23.1 Å². The molecule has 19 heavy (non-hydrogen) atoms. The summed E-state index contributed by atoms with van der Waals surface area (Å²) in [6.45, 7) is 1.61. The molecule has 0 bridgehead atoms. The Balaban J connectivity index is 2.32. The molecule has 0 unspecified atom stereocenters. The van der Waals surface area contributed by atoms with Crippen molar-refractivity contribution in [2.75, 3.05) is 0 Å². The third kappa shape index (κ3) is 2.65. The summed E-state index contributed by atoms with van der Waals surface area (Å²) >= 11 is 6.67. The van der Waals surface area contributed by atoms with Crippen molar-refractivity contribution >= 4 is 28.8 Å². The molecular weight excluding hydrogens is 290 g/mol. The third-order valence-corrected chi connectivity index (χ3v) is 3.41. The first-order valence-electron chi connectivity index (χ1n) is 5.01. The molecule has 8 heteroatoms. The van der Waals surface area contributed by atoms with E-state index in [9.17, 15) is 10.1 Å². The van der Waals surface area contributed by atoms with Crippen molar-refractivity contribution < 1.29 is 9.66 Å². The SMILES string of the molecule is Cc1cc(Oc2snc(Cl)c2C#N)ccc1[N+](=O)[O-]. The zero-order chi connectivity index (χ0) is 14.0. The molecule has 0 radical (unpaired) electrons. The van der Waals surface area contributed by atoms with Crippen molar-refractivity contribution in [3.63, 3.8) is 0 Å². The number of nitro benzene ring substituents is 1. The van der Waals surface area contributed by atoms with Gasteiger partial charge in [0.1, 0.15) is 17.4 Å². The summed E-state index contributed by atoms with van der Waals surface area (Å²) in [7, 11) is 0. The average molecular weight is 296 g/mol. The number of hydrogen-bond acceptors (Lipinski definition) is 6. The van der Waals surface area contributed by atoms with Crippen molar-refractivity contribution in [1.82, 2.24) is 4.37 Å². The van der Waals surface area contributed by atoms with Crippen LogP contribution in [0.1, 0.15) is 11.1 Å². The molecule has 0 spiro atoms. The Morgan fingerprint density at radius 2 is 2.32 bits per heavy atom. The second kappa shape index (κ2) is 5.22. The predicted molar refractivity (Wildman–Crippen MR) is 69.7 cm³/mol. The van der Waals surface area contributed by atoms with Gasteiger partial charge in [0.05, 0.1) is 4.92 Å². The summed E-state index contributed by atoms with van der Waals surface area (Å²) < 4.78 is 9.27. The largest absolute Gasteiger partial charge is 0.444 e. The van der Waals surface area contributed by atoms with Crippen LogP contribution in [-0.4, -0.2) is 9.30 Å². The van der Waals surface area contributed by atoms with Crippen LogP contribution in [0.15, 0.2) is 18.2 Å². The molecule has 2 rings (SSSR count). The lowest BCUT2D eigenvalue weighted by Gasteiger charge is -2.04. The van der Waals surface area contributed by atoms with E-state index in [1.54, 1.807) is 6.92 Å². The minimum absolute atomic E-state index is 0.00944. The van der Waals surface area contributed by atoms with Gasteiger partial charge in [-0.25, -0.2) is 0 Å². The first kappa shape index (κ1) is 13.3. The Hall–Kier alpha value is -2.17. The number of ether oxygens (including phenoxy) is 1. The summed E-state index contributed by atoms with van der Waals surface area (Å²) in [5, 5.41) is 19.9. The quantitative estimate of drug-likeness (QED) is 0.636. The number of nitro groups is 1. The zero-order valence-corrected chi connectivity index (χ0v) is 11.2. The van der Waals surface area contributed by atoms with Gasteiger partial charge in [-0.3, -0.25) is 10.1 Å². The van der Waals surface area contributed by atoms with Gasteiger partial charge in [0, 0.05) is 23.2 Å². The number of aryl methyl sites for hydroxylation is 1. The van der Waals surface area contributed by atoms with Crippen molar-refractivity contribution in [2.45, 2.75) is 6.92 Å². The number of halogens is 1. The molecule has 0 aliphatic carbocycles. The van der Waals surface area contributed by atoms with E-state index < -0.39 is 4.92 Å². The molecule has 1 aromatic carbocycles. The van der Waals surface area contributed by atoms with Crippen molar-refractivity contribution in [2.24, 2.45) is 0 Å². The van der Waals surface area contributed by atoms with Crippen molar-refractivity contribution in [1.29, 1.82) is 5.26 Å². The topological polar surface area (TPSA) is 89.0 Å². The minimum atomic E-state index is -0.469. The van der Waals surface area contributed by atoms with E-state index in [4.69, 9.17) is 21.6 Å². The Kier molecular flexibility index (Phi) is 3.64. The summed E-state index contributed by atoms with van der Waals surface area (Å²) in [5.74, 6) is 0.389. The van der Waals surface area contributed by atoms with E-state index in [-0.39, 0.29) is 21.5 Å². The van der Waals surface area contributed by atoms with E-state index in [1.165, 1.54) is 18.2 Å². The Bertz CT molecular complexity index is 693. The van der Waals surface area contributed by atoms with Crippen molar-refractivity contribution in [3.05, 3.63) is 44.6 Å². The average Bonchev–Trinajstić information content (AvgIpc) is 2.69. The summed E-state index contributed by atoms with van der Waals surface area (Å²) in [5.41, 5.74) is 0.634. The fourth-order valence-corrected chi connectivity index (χ4v) is 2.33. The van der Waals surface area contributed by atoms with Crippen LogP contribution in [0.5, 0.6) is 10.8 Å². The molecule has 0 amide bonds. The second-order valence-corrected chi connectivity index (χ2v) is 4.65. The summed E-state index contributed by atoms with van der Waals surface area (Å²) in [6, 6.07) is 6.22. The van der Waals surface area contributed by atoms with Crippen LogP contribution in [-0.2, 0) is 0 Å². The third-order valence-electron chi connectivity index (χ3n) is 2.31. The molecule has 0 saturated carbocycles. The molecule has 0 saturated heterocycles. The number of aromatic nitrogens is 1. The number of hydrogen-bond donors (Lipinski definition) is 0. The molecular formula is C11H6ClN3O3S. The smallest absolute Gasteiger partial charge is 0.272 e. The van der Waals surface area contributed by atoms with Crippen LogP contribution < -0.4 is 4.74 Å². The van der Waals surface area contributed by atoms with E-state index in [0.29, 0.717) is 11.3 Å². The zero-order valence-electron chi connectivity index (χ0n) is 9.58. The van der Waals surface area contributed by atoms with Gasteiger partial charge in [-0.05, 0) is 19.1 Å². The highest BCUT2D eigenvalue weighted by Gasteiger charge is 2.16. The molecule has 2 aromatic rings. The number of nitriles is 1. The van der Waals surface area contributed by atoms with Crippen LogP contribution in [0, 0.1) is 28.4 Å². The number of benzene rings is 1. The first-order valence-corrected chi connectivity index (χ1v) is 6.16. The minimum Gasteiger partial charge on any atom is -0.444 e. The predicted octanol–water partition coefficient (Wildman–Crippen LogP) is 3.68. The van der Waals surface area contributed by atoms with Gasteiger partial charge in [-0.1, -0.05) is 11.6 Å². The Labute approximate surface area is 117 Å². The van der Waals surface area contributed by atoms with Crippen LogP contribution in [0.25, 0.3) is 0 Å². The summed E-state index contributed by atoms with van der Waals surface area (Å²) in [6.07, 6.45) is 0. The van der Waals surface area contributed by atoms with Gasteiger partial charge < -0.3 is 4.74 Å². The standard InChI is InChI=1S/C11H6ClN3O3S/c1-6-4-7(2-3-9(6)15(16)17)18-11-8(5-13)10(12)14-19-11/h2-4H,1H3. The fourth-order valence-electron chi connectivity index (χ4n) is 1.42. The molecule has 0 fully saturated rings. The molecule has 1 aromatic heterocycles. The number of nitrogens with zero attached hydrogens (tertiary/aromatic N) is 3. The Morgan fingerprint density at radius 1 is 1.58 bits per heavy atom. The van der Waals surface area contributed by atoms with E-state index in [0.717, 1.165) is 11.5 Å². The van der Waals surface area contributed by atoms with Gasteiger partial charge in [0.25, 0.3) is 5.69 Å². The maximum Gasteiger partial charge on any atom is 0.272 e. The van der Waals surface area contributed by atoms with Gasteiger partial charge in [-0.15, -0.1) is 0 Å². The highest BCUT2D eigenvalue weighted by molar-refractivity contribution is 7.08. The maximum atomic E-state index is 10.7. The highest BCUT2D eigenvalue weighted by atomic mass is 35.5. The molecule has 0 atom stereocenters. The molecule has 0 aliphatic rings. The van der Waals surface area contributed by atoms with Crippen LogP contribution in [0.2, 0.25) is 5.15 Å². The van der Waals surface area contributed by atoms with Crippen molar-refractivity contribution in [3.8, 4) is 16.9 Å². The maximum absolute atomic E-state index is 10.7. The lowest BCUT2D eigenvalue weighted by Crippen LogP contribution is -1.92. The van der Waals surface area contributed by atoms with E-state index >= 15 is 0 Å². The molecule has 0 aliphatic heterocycles. The van der Waals surface area contributed by atoms with Crippen LogP contribution in [0.4, 0.5) is 5.69 Å². The number of rotatable bonds is 3. The Morgan fingerprint density at radius 3 is 2.89 bits per heavy atom. The van der Waals surface area contributed by atoms with E-state index in [1.807, 2.05) is 6.07 Å². The van der Waals surface area contributed by atoms with Gasteiger partial charge >= 0.3 is 0 Å². The lowest BCUT2D eigenvalue weighted by molar-refractivity contribution is -0.385. The highest BCUT2D eigenvalue weighted by Crippen LogP contribution is 2.34. The normalized spacial score (nSPS) is 9.95. The lowest BCUT2D eigenvalue weighted by atomic mass is 10.2. The summed E-state index contributed by atoms with van der Waals surface area (Å²) in [4.78, 5) is 10.2. The monoisotopic (exact) mass is 295 g/mol. The van der Waals surface area contributed by atoms with Gasteiger partial charge in [0.15, 0.2) is 5.15 Å².